The van der Waals surface area contributed by atoms with E-state index in [2.05, 4.69) is 5.32 Å². The summed E-state index contributed by atoms with van der Waals surface area (Å²) in [4.78, 5) is 23.6. The molecule has 0 saturated heterocycles. The van der Waals surface area contributed by atoms with Crippen LogP contribution in [0.4, 0.5) is 4.79 Å². The quantitative estimate of drug-likeness (QED) is 0.867. The summed E-state index contributed by atoms with van der Waals surface area (Å²) in [6.45, 7) is 2.38. The summed E-state index contributed by atoms with van der Waals surface area (Å²) < 4.78 is 10.3. The minimum Gasteiger partial charge on any atom is -0.493 e. The molecule has 1 unspecified atom stereocenters. The van der Waals surface area contributed by atoms with E-state index >= 15 is 0 Å². The Bertz CT molecular complexity index is 458. The molecule has 1 aliphatic heterocycles. The summed E-state index contributed by atoms with van der Waals surface area (Å²) in [7, 11) is 0. The normalized spacial score (nSPS) is 18.3. The number of ether oxygens (including phenoxy) is 2. The number of fused-ring (bicyclic) bond motifs is 1. The SMILES string of the molecule is CCOC(=O)NC1CCOc2ccccc2C1=O. The smallest absolute Gasteiger partial charge is 0.407 e. The fourth-order valence-electron chi connectivity index (χ4n) is 1.85. The second-order valence-corrected chi connectivity index (χ2v) is 3.91. The Morgan fingerprint density at radius 2 is 2.28 bits per heavy atom. The number of nitrogens with one attached hydrogen (secondary N) is 1. The van der Waals surface area contributed by atoms with Crippen molar-refractivity contribution in [2.45, 2.75) is 19.4 Å². The van der Waals surface area contributed by atoms with Crippen LogP contribution in [0.5, 0.6) is 5.75 Å². The first-order valence-corrected chi connectivity index (χ1v) is 5.91. The third kappa shape index (κ3) is 2.61. The Labute approximate surface area is 105 Å². The van der Waals surface area contributed by atoms with E-state index in [0.717, 1.165) is 0 Å². The van der Waals surface area contributed by atoms with Crippen molar-refractivity contribution in [2.75, 3.05) is 13.2 Å². The first-order valence-electron chi connectivity index (χ1n) is 5.91. The van der Waals surface area contributed by atoms with Crippen molar-refractivity contribution in [3.8, 4) is 5.75 Å². The topological polar surface area (TPSA) is 64.6 Å². The Hall–Kier alpha value is -2.04. The molecule has 96 valence electrons. The highest BCUT2D eigenvalue weighted by atomic mass is 16.5. The maximum absolute atomic E-state index is 12.2. The lowest BCUT2D eigenvalue weighted by atomic mass is 10.0. The molecule has 1 heterocycles. The van der Waals surface area contributed by atoms with E-state index in [1.54, 1.807) is 25.1 Å². The van der Waals surface area contributed by atoms with E-state index in [0.29, 0.717) is 24.3 Å². The van der Waals surface area contributed by atoms with Crippen LogP contribution in [0, 0.1) is 0 Å². The van der Waals surface area contributed by atoms with Gasteiger partial charge in [-0.15, -0.1) is 0 Å². The maximum atomic E-state index is 12.2. The monoisotopic (exact) mass is 249 g/mol. The number of hydrogen-bond acceptors (Lipinski definition) is 4. The van der Waals surface area contributed by atoms with Crippen molar-refractivity contribution < 1.29 is 19.1 Å². The van der Waals surface area contributed by atoms with Gasteiger partial charge in [-0.25, -0.2) is 4.79 Å². The van der Waals surface area contributed by atoms with Gasteiger partial charge in [-0.05, 0) is 19.1 Å². The summed E-state index contributed by atoms with van der Waals surface area (Å²) >= 11 is 0. The van der Waals surface area contributed by atoms with Crippen LogP contribution < -0.4 is 10.1 Å². The van der Waals surface area contributed by atoms with Crippen LogP contribution in [0.1, 0.15) is 23.7 Å². The van der Waals surface area contributed by atoms with Gasteiger partial charge < -0.3 is 14.8 Å². The molecule has 1 atom stereocenters. The van der Waals surface area contributed by atoms with Crippen LogP contribution >= 0.6 is 0 Å². The van der Waals surface area contributed by atoms with Crippen LogP contribution in [0.25, 0.3) is 0 Å². The van der Waals surface area contributed by atoms with Crippen LogP contribution in [-0.4, -0.2) is 31.1 Å². The Balaban J connectivity index is 2.15. The second kappa shape index (κ2) is 5.53. The molecule has 1 aliphatic rings. The molecule has 0 fully saturated rings. The number of hydrogen-bond donors (Lipinski definition) is 1. The lowest BCUT2D eigenvalue weighted by Crippen LogP contribution is -2.41. The molecule has 0 saturated carbocycles. The van der Waals surface area contributed by atoms with Crippen molar-refractivity contribution in [1.82, 2.24) is 5.32 Å². The van der Waals surface area contributed by atoms with Crippen molar-refractivity contribution in [1.29, 1.82) is 0 Å². The second-order valence-electron chi connectivity index (χ2n) is 3.91. The van der Waals surface area contributed by atoms with Crippen molar-refractivity contribution >= 4 is 11.9 Å². The van der Waals surface area contributed by atoms with Gasteiger partial charge in [-0.2, -0.15) is 0 Å². The highest BCUT2D eigenvalue weighted by molar-refractivity contribution is 6.03. The molecule has 1 aromatic rings. The number of benzene rings is 1. The summed E-state index contributed by atoms with van der Waals surface area (Å²) in [5.74, 6) is 0.423. The van der Waals surface area contributed by atoms with Crippen molar-refractivity contribution in [2.24, 2.45) is 0 Å². The van der Waals surface area contributed by atoms with E-state index in [1.165, 1.54) is 0 Å². The van der Waals surface area contributed by atoms with Gasteiger partial charge >= 0.3 is 6.09 Å². The van der Waals surface area contributed by atoms with E-state index in [9.17, 15) is 9.59 Å². The number of carbonyl (C=O) groups excluding carboxylic acids is 2. The van der Waals surface area contributed by atoms with Gasteiger partial charge in [0.25, 0.3) is 0 Å². The molecular formula is C13H15NO4. The predicted octanol–water partition coefficient (Wildman–Crippen LogP) is 1.77. The zero-order valence-corrected chi connectivity index (χ0v) is 10.1. The Kier molecular flexibility index (Phi) is 3.82. The maximum Gasteiger partial charge on any atom is 0.407 e. The molecule has 1 amide bonds. The number of carbonyl (C=O) groups is 2. The third-order valence-corrected chi connectivity index (χ3v) is 2.70. The molecule has 1 aromatic carbocycles. The first-order chi connectivity index (χ1) is 8.72. The summed E-state index contributed by atoms with van der Waals surface area (Å²) in [5.41, 5.74) is 0.497. The number of rotatable bonds is 2. The lowest BCUT2D eigenvalue weighted by Gasteiger charge is -2.14. The van der Waals surface area contributed by atoms with E-state index in [4.69, 9.17) is 9.47 Å². The van der Waals surface area contributed by atoms with E-state index in [-0.39, 0.29) is 12.4 Å². The van der Waals surface area contributed by atoms with E-state index < -0.39 is 12.1 Å². The highest BCUT2D eigenvalue weighted by Gasteiger charge is 2.27. The number of alkyl carbamates (subject to hydrolysis) is 1. The van der Waals surface area contributed by atoms with Crippen LogP contribution in [0.15, 0.2) is 24.3 Å². The molecule has 5 nitrogen and oxygen atoms in total. The number of ketones is 1. The summed E-state index contributed by atoms with van der Waals surface area (Å²) in [6.07, 6.45) is -0.137. The number of Topliss-reactive ketones (excluding diaryl/α,β-unsaturated/α-hetero) is 1. The van der Waals surface area contributed by atoms with Crippen molar-refractivity contribution in [3.05, 3.63) is 29.8 Å². The third-order valence-electron chi connectivity index (χ3n) is 2.70. The summed E-state index contributed by atoms with van der Waals surface area (Å²) in [5, 5.41) is 2.56. The first kappa shape index (κ1) is 12.4. The van der Waals surface area contributed by atoms with Gasteiger partial charge in [-0.1, -0.05) is 12.1 Å². The average Bonchev–Trinajstić information content (AvgIpc) is 2.51. The molecule has 0 radical (unpaired) electrons. The fraction of sp³-hybridized carbons (Fsp3) is 0.385. The van der Waals surface area contributed by atoms with Gasteiger partial charge in [0.15, 0.2) is 5.78 Å². The van der Waals surface area contributed by atoms with Gasteiger partial charge in [0, 0.05) is 6.42 Å². The fourth-order valence-corrected chi connectivity index (χ4v) is 1.85. The zero-order valence-electron chi connectivity index (χ0n) is 10.1. The molecule has 0 bridgehead atoms. The lowest BCUT2D eigenvalue weighted by molar-refractivity contribution is 0.0921. The van der Waals surface area contributed by atoms with Gasteiger partial charge in [0.2, 0.25) is 0 Å². The van der Waals surface area contributed by atoms with Gasteiger partial charge in [-0.3, -0.25) is 4.79 Å². The molecule has 18 heavy (non-hydrogen) atoms. The van der Waals surface area contributed by atoms with Crippen LogP contribution in [-0.2, 0) is 4.74 Å². The van der Waals surface area contributed by atoms with Gasteiger partial charge in [0.1, 0.15) is 5.75 Å². The largest absolute Gasteiger partial charge is 0.493 e. The molecule has 2 rings (SSSR count). The van der Waals surface area contributed by atoms with Crippen LogP contribution in [0.2, 0.25) is 0 Å². The highest BCUT2D eigenvalue weighted by Crippen LogP contribution is 2.23. The molecule has 1 N–H and O–H groups in total. The molecule has 0 aliphatic carbocycles. The Morgan fingerprint density at radius 1 is 1.50 bits per heavy atom. The zero-order chi connectivity index (χ0) is 13.0. The van der Waals surface area contributed by atoms with Gasteiger partial charge in [0.05, 0.1) is 24.8 Å². The molecule has 0 spiro atoms. The number of para-hydroxylation sites is 1. The van der Waals surface area contributed by atoms with E-state index in [1.807, 2.05) is 6.07 Å². The van der Waals surface area contributed by atoms with Crippen molar-refractivity contribution in [3.63, 3.8) is 0 Å². The average molecular weight is 249 g/mol. The minimum absolute atomic E-state index is 0.142. The molecular weight excluding hydrogens is 234 g/mol. The molecule has 0 aromatic heterocycles. The number of amides is 1. The van der Waals surface area contributed by atoms with Crippen LogP contribution in [0.3, 0.4) is 0 Å². The Morgan fingerprint density at radius 3 is 3.06 bits per heavy atom. The summed E-state index contributed by atoms with van der Waals surface area (Å²) in [6, 6.07) is 6.44. The minimum atomic E-state index is -0.590. The molecule has 5 heteroatoms. The predicted molar refractivity (Wildman–Crippen MR) is 64.8 cm³/mol. The standard InChI is InChI=1S/C13H15NO4/c1-2-17-13(16)14-10-7-8-18-11-6-4-3-5-9(11)12(10)15/h3-6,10H,2,7-8H2,1H3,(H,14,16).